The highest BCUT2D eigenvalue weighted by atomic mass is 32.2. The van der Waals surface area contributed by atoms with Crippen molar-refractivity contribution in [3.8, 4) is 39.1 Å². The highest BCUT2D eigenvalue weighted by Gasteiger charge is 2.32. The van der Waals surface area contributed by atoms with Crippen molar-refractivity contribution in [2.75, 3.05) is 123 Å². The number of carbonyl (C=O) groups excluding carboxylic acids is 3. The van der Waals surface area contributed by atoms with Crippen LogP contribution in [0.4, 0.5) is 113 Å². The van der Waals surface area contributed by atoms with E-state index in [4.69, 9.17) is 24.1 Å². The van der Waals surface area contributed by atoms with Gasteiger partial charge in [0.2, 0.25) is 17.8 Å². The van der Waals surface area contributed by atoms with Crippen molar-refractivity contribution >= 4 is 128 Å². The van der Waals surface area contributed by atoms with Crippen LogP contribution >= 0.6 is 0 Å². The molecule has 35 heteroatoms. The molecule has 596 valence electrons. The van der Waals surface area contributed by atoms with Gasteiger partial charge in [0.25, 0.3) is 0 Å². The van der Waals surface area contributed by atoms with Crippen LogP contribution < -0.4 is 62.8 Å². The second-order valence-electron chi connectivity index (χ2n) is 26.9. The zero-order valence-corrected chi connectivity index (χ0v) is 65.2. The quantitative estimate of drug-likeness (QED) is 0.0597. The first kappa shape index (κ1) is 81.5. The molecule has 3 unspecified atom stereocenters. The summed E-state index contributed by atoms with van der Waals surface area (Å²) in [6.07, 6.45) is 4.50. The molecule has 0 radical (unpaired) electrons. The lowest BCUT2D eigenvalue weighted by molar-refractivity contribution is -0.137. The Labute approximate surface area is 662 Å². The highest BCUT2D eigenvalue weighted by molar-refractivity contribution is 7.93. The van der Waals surface area contributed by atoms with Gasteiger partial charge < -0.3 is 62.8 Å². The summed E-state index contributed by atoms with van der Waals surface area (Å²) in [5.74, 6) is 3.48. The summed E-state index contributed by atoms with van der Waals surface area (Å²) in [5, 5.41) is 30.1. The van der Waals surface area contributed by atoms with E-state index in [-0.39, 0.29) is 17.8 Å². The van der Waals surface area contributed by atoms with Crippen LogP contribution in [0.5, 0.6) is 5.75 Å². The molecule has 6 heterocycles. The first-order valence-corrected chi connectivity index (χ1v) is 41.5. The van der Waals surface area contributed by atoms with Gasteiger partial charge in [0.05, 0.1) is 47.5 Å². The second-order valence-corrected chi connectivity index (χ2v) is 33.6. The van der Waals surface area contributed by atoms with E-state index in [1.165, 1.54) is 11.9 Å². The molecule has 3 aliphatic rings. The lowest BCUT2D eigenvalue weighted by Gasteiger charge is -2.19. The van der Waals surface area contributed by atoms with Gasteiger partial charge in [0.1, 0.15) is 29.0 Å². The van der Waals surface area contributed by atoms with Crippen molar-refractivity contribution in [3.05, 3.63) is 218 Å². The number of nitrogens with zero attached hydrogens (tertiary/aromatic N) is 8. The van der Waals surface area contributed by atoms with E-state index in [9.17, 15) is 44.6 Å². The summed E-state index contributed by atoms with van der Waals surface area (Å²) in [7, 11) is -2.29. The predicted octanol–water partition coefficient (Wildman–Crippen LogP) is 18.1. The molecule has 0 aliphatic carbocycles. The van der Waals surface area contributed by atoms with Crippen molar-refractivity contribution < 1.29 is 49.3 Å². The summed E-state index contributed by atoms with van der Waals surface area (Å²) < 4.78 is 122. The Bertz CT molecular complexity index is 5720. The predicted molar refractivity (Wildman–Crippen MR) is 444 cm³/mol. The Hall–Kier alpha value is -13.0. The number of nitrogens with one attached hydrogen (secondary N) is 13. The number of benzene rings is 8. The summed E-state index contributed by atoms with van der Waals surface area (Å²) in [5.41, 5.74) is 7.46. The molecule has 0 saturated carbocycles. The third-order valence-electron chi connectivity index (χ3n) is 18.3. The molecular weight excluding hydrogens is 1540 g/mol. The van der Waals surface area contributed by atoms with Crippen molar-refractivity contribution in [2.24, 2.45) is 0 Å². The second kappa shape index (κ2) is 36.2. The number of amides is 6. The van der Waals surface area contributed by atoms with Crippen LogP contribution in [0.3, 0.4) is 0 Å². The Morgan fingerprint density at radius 1 is 0.461 bits per heavy atom. The average Bonchev–Trinajstić information content (AvgIpc) is 1.63. The standard InChI is InChI=1S/C29H27F4N7O2S.C28H29N7O3S.C23H27N7O2S/c1-40(28(41)38-25-15-19(29(31,32)33)9-12-24(25)30)21-10-7-18(8-11-21)23-17-36-27-37-20-5-4-6-22(16-20)43(34,42)14-3-2-13-35-26(23)39-27;1-38-23-8-4-6-21(16-23)34-28(36)33-20-12-10-19(11-13-20)25-18-31-27-32-22-7-5-9-24(17-22)39(29,37)15-3-2-14-30-26(25)35-27;1-30(2)23(31)28-17-10-8-16(9-11-17)20-15-26-22-27-18-6-5-7-19(14-18)33(24,32)13-4-3-12-25-21(20)29-22/h4-12,15-17,34H,2-3,13-14H2,1H3,(H,38,41)(H2,35,36,37,39);4-13,16-18,29H,2-3,14-15H2,1H3,(H2,33,34,36)(H2,30,31,32,35);5-11,14-15,24H,3-4,12-13H2,1-2H3,(H,28,31)(H2,25,26,27,29). The topological polar surface area (TPSA) is 387 Å². The number of aromatic nitrogens is 6. The minimum absolute atomic E-state index is 0.193. The first-order chi connectivity index (χ1) is 55.1. The molecule has 0 spiro atoms. The molecule has 3 aromatic heterocycles. The smallest absolute Gasteiger partial charge is 0.416 e. The van der Waals surface area contributed by atoms with E-state index >= 15 is 0 Å². The normalized spacial score (nSPS) is 17.1. The Balaban J connectivity index is 0.000000161. The fourth-order valence-electron chi connectivity index (χ4n) is 12.0. The molecule has 0 fully saturated rings. The van der Waals surface area contributed by atoms with Gasteiger partial charge in [-0.15, -0.1) is 0 Å². The zero-order chi connectivity index (χ0) is 81.4. The van der Waals surface area contributed by atoms with Crippen LogP contribution in [0.25, 0.3) is 33.4 Å². The number of methoxy groups -OCH3 is 1. The largest absolute Gasteiger partial charge is 0.497 e. The van der Waals surface area contributed by atoms with E-state index < -0.39 is 58.5 Å². The van der Waals surface area contributed by atoms with Crippen LogP contribution in [0.15, 0.2) is 221 Å². The van der Waals surface area contributed by atoms with Gasteiger partial charge in [0.15, 0.2) is 0 Å². The van der Waals surface area contributed by atoms with E-state index in [1.54, 1.807) is 149 Å². The molecule has 0 saturated heterocycles. The maximum Gasteiger partial charge on any atom is 0.416 e. The lowest BCUT2D eigenvalue weighted by atomic mass is 10.1. The van der Waals surface area contributed by atoms with E-state index in [1.807, 2.05) is 60.7 Å². The third kappa shape index (κ3) is 21.6. The van der Waals surface area contributed by atoms with E-state index in [0.29, 0.717) is 176 Å². The first-order valence-electron chi connectivity index (χ1n) is 36.3. The maximum absolute atomic E-state index is 14.1. The monoisotopic (exact) mass is 1620 g/mol. The molecule has 3 aliphatic heterocycles. The maximum atomic E-state index is 14.1. The van der Waals surface area contributed by atoms with Crippen LogP contribution in [-0.4, -0.2) is 131 Å². The van der Waals surface area contributed by atoms with Crippen LogP contribution in [0.2, 0.25) is 0 Å². The number of anilines is 14. The van der Waals surface area contributed by atoms with Crippen molar-refractivity contribution in [1.82, 2.24) is 34.8 Å². The van der Waals surface area contributed by atoms with Crippen molar-refractivity contribution in [1.29, 1.82) is 14.3 Å². The van der Waals surface area contributed by atoms with Gasteiger partial charge in [-0.2, -0.15) is 28.1 Å². The summed E-state index contributed by atoms with van der Waals surface area (Å²) in [4.78, 5) is 68.5. The molecular formula is C80H83F4N21O7S3. The summed E-state index contributed by atoms with van der Waals surface area (Å²) in [6, 6.07) is 50.2. The molecule has 28 nitrogen and oxygen atoms in total. The average molecular weight is 1620 g/mol. The fourth-order valence-corrected chi connectivity index (χ4v) is 16.4. The fraction of sp³-hybridized carbons (Fsp3) is 0.212. The number of carbonyl (C=O) groups is 3. The minimum Gasteiger partial charge on any atom is -0.497 e. The molecule has 14 rings (SSSR count). The molecule has 3 atom stereocenters. The minimum atomic E-state index is -4.69. The Morgan fingerprint density at radius 3 is 1.27 bits per heavy atom. The van der Waals surface area contributed by atoms with Crippen LogP contribution in [0, 0.1) is 20.2 Å². The van der Waals surface area contributed by atoms with Gasteiger partial charge in [-0.1, -0.05) is 60.7 Å². The zero-order valence-electron chi connectivity index (χ0n) is 62.8. The number of alkyl halides is 3. The Kier molecular flexibility index (Phi) is 25.6. The molecule has 8 aromatic carbocycles. The molecule has 6 amide bonds. The lowest BCUT2D eigenvalue weighted by Crippen LogP contribution is -2.31. The van der Waals surface area contributed by atoms with Crippen LogP contribution in [0.1, 0.15) is 44.1 Å². The van der Waals surface area contributed by atoms with Gasteiger partial charge >= 0.3 is 24.3 Å². The summed E-state index contributed by atoms with van der Waals surface area (Å²) >= 11 is 0. The number of hydrogen-bond donors (Lipinski definition) is 13. The number of urea groups is 3. The van der Waals surface area contributed by atoms with Gasteiger partial charge in [0, 0.05) is 154 Å². The van der Waals surface area contributed by atoms with Crippen molar-refractivity contribution in [2.45, 2.75) is 59.4 Å². The number of rotatable bonds is 9. The molecule has 13 N–H and O–H groups in total. The van der Waals surface area contributed by atoms with Crippen molar-refractivity contribution in [3.63, 3.8) is 0 Å². The molecule has 11 aromatic rings. The molecule has 115 heavy (non-hydrogen) atoms. The van der Waals surface area contributed by atoms with E-state index in [2.05, 4.69) is 78.1 Å². The SMILES string of the molecule is CN(C(=O)Nc1cc(C(F)(F)F)ccc1F)c1ccc(-c2cnc3nc2NCCCCS(=N)(=O)c2cccc(c2)N3)cc1.CN(C)C(=O)Nc1ccc(-c2cnc3nc2NCCCCS(=N)(=O)c2cccc(c2)N3)cc1.COc1cccc(NC(=O)Nc2ccc(-c3cnc4nc3NCCCCS(=N)(=O)c3cccc(c3)N4)cc2)c1. The van der Waals surface area contributed by atoms with Gasteiger partial charge in [-0.25, -0.2) is 60.7 Å². The van der Waals surface area contributed by atoms with Gasteiger partial charge in [-0.3, -0.25) is 4.90 Å². The van der Waals surface area contributed by atoms with E-state index in [0.717, 1.165) is 45.6 Å². The van der Waals surface area contributed by atoms with Gasteiger partial charge in [-0.05, 0) is 177 Å². The number of halogens is 4. The third-order valence-corrected chi connectivity index (χ3v) is 23.9. The highest BCUT2D eigenvalue weighted by Crippen LogP contribution is 2.37. The number of fused-ring (bicyclic) bond motifs is 12. The number of ether oxygens (including phenoxy) is 1. The molecule has 12 bridgehead atoms. The number of hydrogen-bond acceptors (Lipinski definition) is 22. The Morgan fingerprint density at radius 2 is 0.861 bits per heavy atom. The summed E-state index contributed by atoms with van der Waals surface area (Å²) in [6.45, 7) is 1.76. The van der Waals surface area contributed by atoms with Crippen LogP contribution in [-0.2, 0) is 35.4 Å².